The number of aliphatic hydroxyl groups is 1. The molecule has 1 aromatic rings. The van der Waals surface area contributed by atoms with Crippen molar-refractivity contribution in [2.75, 3.05) is 25.2 Å². The minimum atomic E-state index is -1.24. The Morgan fingerprint density at radius 3 is 2.11 bits per heavy atom. The molecule has 0 fully saturated rings. The molecule has 0 bridgehead atoms. The van der Waals surface area contributed by atoms with E-state index in [1.54, 1.807) is 30.3 Å². The number of aliphatic carboxylic acids is 1. The summed E-state index contributed by atoms with van der Waals surface area (Å²) in [6.07, 6.45) is 2.55. The maximum absolute atomic E-state index is 13.2. The fraction of sp³-hybridized carbons (Fsp3) is 0.522. The number of carboxylic acids is 1. The Morgan fingerprint density at radius 1 is 0.946 bits per heavy atom. The normalized spacial score (nSPS) is 13.9. The number of thioether (sulfide) groups is 1. The lowest BCUT2D eigenvalue weighted by atomic mass is 10.0. The van der Waals surface area contributed by atoms with E-state index in [1.807, 2.05) is 6.26 Å². The monoisotopic (exact) mass is 539 g/mol. The number of carbonyl (C=O) groups is 4. The van der Waals surface area contributed by atoms with Gasteiger partial charge in [-0.2, -0.15) is 11.8 Å². The molecule has 0 saturated carbocycles. The van der Waals surface area contributed by atoms with Gasteiger partial charge in [-0.15, -0.1) is 0 Å². The molecule has 13 nitrogen and oxygen atoms in total. The number of rotatable bonds is 17. The lowest BCUT2D eigenvalue weighted by Gasteiger charge is -2.25. The molecule has 0 heterocycles. The van der Waals surface area contributed by atoms with Gasteiger partial charge in [-0.3, -0.25) is 19.4 Å². The molecule has 0 spiro atoms. The Labute approximate surface area is 220 Å². The summed E-state index contributed by atoms with van der Waals surface area (Å²) in [6.45, 7) is -0.407. The second-order valence-electron chi connectivity index (χ2n) is 8.23. The van der Waals surface area contributed by atoms with E-state index in [9.17, 15) is 29.4 Å². The molecule has 0 radical (unpaired) electrons. The maximum atomic E-state index is 13.2. The Balaban J connectivity index is 3.00. The lowest BCUT2D eigenvalue weighted by molar-refractivity contribution is -0.142. The molecule has 1 aromatic carbocycles. The molecule has 1 rings (SSSR count). The van der Waals surface area contributed by atoms with Crippen LogP contribution >= 0.6 is 11.8 Å². The number of benzene rings is 1. The average molecular weight is 540 g/mol. The van der Waals surface area contributed by atoms with Gasteiger partial charge in [-0.05, 0) is 36.8 Å². The summed E-state index contributed by atoms with van der Waals surface area (Å²) < 4.78 is 0. The van der Waals surface area contributed by atoms with Crippen molar-refractivity contribution in [2.45, 2.75) is 49.9 Å². The van der Waals surface area contributed by atoms with Crippen LogP contribution in [0.25, 0.3) is 0 Å². The largest absolute Gasteiger partial charge is 0.480 e. The fourth-order valence-electron chi connectivity index (χ4n) is 3.23. The van der Waals surface area contributed by atoms with Gasteiger partial charge in [0.2, 0.25) is 17.7 Å². The van der Waals surface area contributed by atoms with Crippen LogP contribution in [0, 0.1) is 0 Å². The number of nitrogens with one attached hydrogen (secondary N) is 3. The van der Waals surface area contributed by atoms with Gasteiger partial charge in [0.05, 0.1) is 6.61 Å². The van der Waals surface area contributed by atoms with Gasteiger partial charge in [0.25, 0.3) is 0 Å². The predicted molar refractivity (Wildman–Crippen MR) is 142 cm³/mol. The summed E-state index contributed by atoms with van der Waals surface area (Å²) in [6, 6.07) is 4.33. The van der Waals surface area contributed by atoms with Crippen LogP contribution in [0.3, 0.4) is 0 Å². The quantitative estimate of drug-likeness (QED) is 0.0609. The van der Waals surface area contributed by atoms with Crippen LogP contribution in [0.5, 0.6) is 0 Å². The molecule has 0 saturated heterocycles. The third-order valence-electron chi connectivity index (χ3n) is 5.25. The Bertz CT molecular complexity index is 914. The summed E-state index contributed by atoms with van der Waals surface area (Å²) in [5.41, 5.74) is 16.9. The summed E-state index contributed by atoms with van der Waals surface area (Å²) in [5, 5.41) is 26.3. The second kappa shape index (κ2) is 17.2. The molecule has 0 aliphatic heterocycles. The topological polar surface area (TPSA) is 235 Å². The van der Waals surface area contributed by atoms with Gasteiger partial charge < -0.3 is 43.4 Å². The zero-order valence-electron chi connectivity index (χ0n) is 20.8. The zero-order chi connectivity index (χ0) is 27.8. The molecule has 11 N–H and O–H groups in total. The third-order valence-corrected chi connectivity index (χ3v) is 5.90. The first kappa shape index (κ1) is 31.7. The lowest BCUT2D eigenvalue weighted by Crippen LogP contribution is -2.58. The van der Waals surface area contributed by atoms with Gasteiger partial charge in [-0.25, -0.2) is 4.79 Å². The van der Waals surface area contributed by atoms with Crippen LogP contribution in [-0.4, -0.2) is 89.2 Å². The van der Waals surface area contributed by atoms with Gasteiger partial charge in [0.15, 0.2) is 5.96 Å². The van der Waals surface area contributed by atoms with Gasteiger partial charge in [0.1, 0.15) is 24.2 Å². The highest BCUT2D eigenvalue weighted by atomic mass is 32.2. The van der Waals surface area contributed by atoms with Crippen molar-refractivity contribution in [3.05, 3.63) is 35.9 Å². The van der Waals surface area contributed by atoms with Gasteiger partial charge in [0, 0.05) is 13.0 Å². The van der Waals surface area contributed by atoms with Crippen LogP contribution in [0.2, 0.25) is 0 Å². The van der Waals surface area contributed by atoms with Crippen molar-refractivity contribution in [2.24, 2.45) is 22.2 Å². The molecule has 3 amide bonds. The molecule has 0 aromatic heterocycles. The number of guanidine groups is 1. The van der Waals surface area contributed by atoms with E-state index in [4.69, 9.17) is 17.2 Å². The number of amides is 3. The van der Waals surface area contributed by atoms with E-state index in [2.05, 4.69) is 20.9 Å². The standard InChI is InChI=1S/C23H37N7O6S/c1-37-11-9-16(20(33)29-17(22(35)36)8-5-10-27-23(25)26)28-21(34)18(30-19(32)15(24)13-31)12-14-6-3-2-4-7-14/h2-4,6-7,15-18,31H,5,8-13,24H2,1H3,(H,28,34)(H,29,33)(H,30,32)(H,35,36)(H4,25,26,27). The third kappa shape index (κ3) is 12.4. The molecule has 4 unspecified atom stereocenters. The number of carboxylic acid groups (broad SMARTS) is 1. The molecule has 14 heteroatoms. The summed E-state index contributed by atoms with van der Waals surface area (Å²) in [7, 11) is 0. The minimum Gasteiger partial charge on any atom is -0.480 e. The average Bonchev–Trinajstić information content (AvgIpc) is 2.87. The van der Waals surface area contributed by atoms with E-state index < -0.39 is 54.5 Å². The van der Waals surface area contributed by atoms with Crippen LogP contribution in [0.15, 0.2) is 35.3 Å². The van der Waals surface area contributed by atoms with E-state index in [-0.39, 0.29) is 31.8 Å². The number of hydrogen-bond acceptors (Lipinski definition) is 8. The highest BCUT2D eigenvalue weighted by Crippen LogP contribution is 2.08. The first-order valence-corrected chi connectivity index (χ1v) is 13.1. The van der Waals surface area contributed by atoms with Crippen molar-refractivity contribution in [3.8, 4) is 0 Å². The van der Waals surface area contributed by atoms with Crippen LogP contribution in [0.1, 0.15) is 24.8 Å². The molecular formula is C23H37N7O6S. The minimum absolute atomic E-state index is 0.0762. The number of hydrogen-bond donors (Lipinski definition) is 8. The summed E-state index contributed by atoms with van der Waals surface area (Å²) in [5.74, 6) is -2.90. The van der Waals surface area contributed by atoms with E-state index in [0.29, 0.717) is 12.2 Å². The number of nitrogens with two attached hydrogens (primary N) is 3. The Hall–Kier alpha value is -3.36. The summed E-state index contributed by atoms with van der Waals surface area (Å²) >= 11 is 1.45. The van der Waals surface area contributed by atoms with Crippen molar-refractivity contribution < 1.29 is 29.4 Å². The van der Waals surface area contributed by atoms with Crippen LogP contribution < -0.4 is 33.2 Å². The molecular weight excluding hydrogens is 502 g/mol. The highest BCUT2D eigenvalue weighted by molar-refractivity contribution is 7.98. The molecule has 206 valence electrons. The first-order valence-electron chi connectivity index (χ1n) is 11.7. The van der Waals surface area contributed by atoms with Crippen molar-refractivity contribution in [1.82, 2.24) is 16.0 Å². The molecule has 0 aliphatic rings. The maximum Gasteiger partial charge on any atom is 0.326 e. The van der Waals surface area contributed by atoms with Gasteiger partial charge >= 0.3 is 5.97 Å². The van der Waals surface area contributed by atoms with E-state index in [0.717, 1.165) is 5.56 Å². The molecule has 4 atom stereocenters. The van der Waals surface area contributed by atoms with Crippen LogP contribution in [0.4, 0.5) is 0 Å². The van der Waals surface area contributed by atoms with Gasteiger partial charge in [-0.1, -0.05) is 30.3 Å². The van der Waals surface area contributed by atoms with Crippen molar-refractivity contribution >= 4 is 41.4 Å². The zero-order valence-corrected chi connectivity index (χ0v) is 21.6. The molecule has 0 aliphatic carbocycles. The number of aliphatic hydroxyl groups excluding tert-OH is 1. The Morgan fingerprint density at radius 2 is 1.54 bits per heavy atom. The van der Waals surface area contributed by atoms with E-state index >= 15 is 0 Å². The first-order chi connectivity index (χ1) is 17.6. The smallest absolute Gasteiger partial charge is 0.326 e. The number of aliphatic imine (C=N–C) groups is 1. The molecule has 37 heavy (non-hydrogen) atoms. The predicted octanol–water partition coefficient (Wildman–Crippen LogP) is -2.11. The highest BCUT2D eigenvalue weighted by Gasteiger charge is 2.30. The Kier molecular flexibility index (Phi) is 14.7. The van der Waals surface area contributed by atoms with Crippen LogP contribution in [-0.2, 0) is 25.6 Å². The summed E-state index contributed by atoms with van der Waals surface area (Å²) in [4.78, 5) is 54.0. The SMILES string of the molecule is CSCCC(NC(=O)C(Cc1ccccc1)NC(=O)C(N)CO)C(=O)NC(CCCN=C(N)N)C(=O)O. The van der Waals surface area contributed by atoms with E-state index in [1.165, 1.54) is 11.8 Å². The van der Waals surface area contributed by atoms with Crippen molar-refractivity contribution in [1.29, 1.82) is 0 Å². The second-order valence-corrected chi connectivity index (χ2v) is 9.22. The fourth-order valence-corrected chi connectivity index (χ4v) is 3.70. The van der Waals surface area contributed by atoms with Crippen molar-refractivity contribution in [3.63, 3.8) is 0 Å². The number of carbonyl (C=O) groups excluding carboxylic acids is 3. The number of nitrogens with zero attached hydrogens (tertiary/aromatic N) is 1.